The van der Waals surface area contributed by atoms with Crippen LogP contribution >= 0.6 is 15.9 Å². The molecule has 1 atom stereocenters. The number of halogens is 1. The number of carbonyl (C=O) groups excluding carboxylic acids is 1. The summed E-state index contributed by atoms with van der Waals surface area (Å²) >= 11 is 3.48. The molecule has 1 aromatic rings. The maximum atomic E-state index is 12.3. The van der Waals surface area contributed by atoms with Crippen molar-refractivity contribution in [3.8, 4) is 0 Å². The summed E-state index contributed by atoms with van der Waals surface area (Å²) in [6, 6.07) is 6.01. The third-order valence-electron chi connectivity index (χ3n) is 3.31. The van der Waals surface area contributed by atoms with Crippen molar-refractivity contribution in [3.63, 3.8) is 0 Å². The molecule has 1 aliphatic heterocycles. The quantitative estimate of drug-likeness (QED) is 0.853. The van der Waals surface area contributed by atoms with Gasteiger partial charge in [-0.1, -0.05) is 22.0 Å². The minimum Gasteiger partial charge on any atom is -0.444 e. The highest BCUT2D eigenvalue weighted by molar-refractivity contribution is 9.10. The van der Waals surface area contributed by atoms with Gasteiger partial charge in [-0.3, -0.25) is 4.90 Å². The van der Waals surface area contributed by atoms with Crippen LogP contribution in [0.2, 0.25) is 0 Å². The first-order valence-corrected chi connectivity index (χ1v) is 7.59. The second kappa shape index (κ2) is 5.74. The smallest absolute Gasteiger partial charge is 0.410 e. The number of nitrogens with two attached hydrogens (primary N) is 1. The molecule has 0 bridgehead atoms. The molecule has 20 heavy (non-hydrogen) atoms. The van der Waals surface area contributed by atoms with Crippen molar-refractivity contribution < 1.29 is 9.53 Å². The minimum atomic E-state index is -0.490. The highest BCUT2D eigenvalue weighted by atomic mass is 79.9. The number of hydrogen-bond donors (Lipinski definition) is 1. The van der Waals surface area contributed by atoms with E-state index in [2.05, 4.69) is 22.0 Å². The Hall–Kier alpha value is -1.07. The Kier molecular flexibility index (Phi) is 4.39. The van der Waals surface area contributed by atoms with Gasteiger partial charge in [0.15, 0.2) is 0 Å². The van der Waals surface area contributed by atoms with Crippen LogP contribution in [-0.4, -0.2) is 29.7 Å². The molecule has 0 fully saturated rings. The van der Waals surface area contributed by atoms with Gasteiger partial charge in [-0.25, -0.2) is 4.79 Å². The maximum absolute atomic E-state index is 12.3. The molecule has 0 radical (unpaired) electrons. The summed E-state index contributed by atoms with van der Waals surface area (Å²) in [4.78, 5) is 14.0. The zero-order valence-corrected chi connectivity index (χ0v) is 13.7. The number of fused-ring (bicyclic) bond motifs is 1. The molecule has 0 saturated carbocycles. The first-order chi connectivity index (χ1) is 9.31. The van der Waals surface area contributed by atoms with Crippen LogP contribution < -0.4 is 5.73 Å². The zero-order chi connectivity index (χ0) is 14.9. The van der Waals surface area contributed by atoms with Gasteiger partial charge in [0.25, 0.3) is 0 Å². The number of amides is 1. The Morgan fingerprint density at radius 1 is 1.50 bits per heavy atom. The van der Waals surface area contributed by atoms with Gasteiger partial charge >= 0.3 is 6.09 Å². The topological polar surface area (TPSA) is 55.6 Å². The van der Waals surface area contributed by atoms with Crippen molar-refractivity contribution in [2.75, 3.05) is 13.1 Å². The van der Waals surface area contributed by atoms with Gasteiger partial charge < -0.3 is 10.5 Å². The monoisotopic (exact) mass is 340 g/mol. The molecule has 0 spiro atoms. The van der Waals surface area contributed by atoms with E-state index >= 15 is 0 Å². The van der Waals surface area contributed by atoms with Crippen LogP contribution in [0.5, 0.6) is 0 Å². The summed E-state index contributed by atoms with van der Waals surface area (Å²) in [5.74, 6) is 0. The van der Waals surface area contributed by atoms with E-state index in [1.807, 2.05) is 32.9 Å². The molecule has 1 unspecified atom stereocenters. The van der Waals surface area contributed by atoms with Crippen LogP contribution in [-0.2, 0) is 11.2 Å². The van der Waals surface area contributed by atoms with E-state index < -0.39 is 5.60 Å². The lowest BCUT2D eigenvalue weighted by atomic mass is 9.93. The number of rotatable bonds is 1. The van der Waals surface area contributed by atoms with Gasteiger partial charge in [0.2, 0.25) is 0 Å². The first-order valence-electron chi connectivity index (χ1n) is 6.80. The van der Waals surface area contributed by atoms with Gasteiger partial charge in [-0.05, 0) is 50.5 Å². The van der Waals surface area contributed by atoms with Crippen molar-refractivity contribution in [1.82, 2.24) is 4.90 Å². The van der Waals surface area contributed by atoms with Crippen molar-refractivity contribution >= 4 is 22.0 Å². The van der Waals surface area contributed by atoms with Crippen molar-refractivity contribution in [2.24, 2.45) is 5.73 Å². The molecule has 1 amide bonds. The van der Waals surface area contributed by atoms with Crippen LogP contribution in [0.3, 0.4) is 0 Å². The minimum absolute atomic E-state index is 0.110. The normalized spacial score (nSPS) is 18.6. The number of nitrogens with zero attached hydrogens (tertiary/aromatic N) is 1. The van der Waals surface area contributed by atoms with Crippen LogP contribution in [0.1, 0.15) is 37.9 Å². The second-order valence-electron chi connectivity index (χ2n) is 6.02. The van der Waals surface area contributed by atoms with E-state index in [0.717, 1.165) is 16.5 Å². The van der Waals surface area contributed by atoms with Gasteiger partial charge in [-0.2, -0.15) is 0 Å². The number of benzene rings is 1. The summed E-state index contributed by atoms with van der Waals surface area (Å²) in [5.41, 5.74) is 7.76. The number of hydrogen-bond acceptors (Lipinski definition) is 3. The molecule has 1 aliphatic rings. The van der Waals surface area contributed by atoms with Crippen molar-refractivity contribution in [1.29, 1.82) is 0 Å². The fraction of sp³-hybridized carbons (Fsp3) is 0.533. The average Bonchev–Trinajstić information content (AvgIpc) is 2.34. The first kappa shape index (κ1) is 15.3. The van der Waals surface area contributed by atoms with Gasteiger partial charge in [0.05, 0.1) is 6.04 Å². The van der Waals surface area contributed by atoms with Crippen molar-refractivity contribution in [2.45, 2.75) is 38.8 Å². The van der Waals surface area contributed by atoms with E-state index in [1.54, 1.807) is 4.90 Å². The lowest BCUT2D eigenvalue weighted by Gasteiger charge is -2.37. The molecule has 0 aromatic heterocycles. The second-order valence-corrected chi connectivity index (χ2v) is 6.93. The SMILES string of the molecule is CC(C)(C)OC(=O)N1CCc2cc(Br)ccc2C1CN. The fourth-order valence-corrected chi connectivity index (χ4v) is 2.88. The molecule has 110 valence electrons. The summed E-state index contributed by atoms with van der Waals surface area (Å²) in [6.45, 7) is 6.65. The Bertz CT molecular complexity index is 511. The van der Waals surface area contributed by atoms with E-state index in [9.17, 15) is 4.79 Å². The standard InChI is InChI=1S/C15H21BrN2O2/c1-15(2,3)20-14(19)18-7-6-10-8-11(16)4-5-12(10)13(18)9-17/h4-5,8,13H,6-7,9,17H2,1-3H3. The average molecular weight is 341 g/mol. The zero-order valence-electron chi connectivity index (χ0n) is 12.1. The molecule has 4 nitrogen and oxygen atoms in total. The summed E-state index contributed by atoms with van der Waals surface area (Å²) in [6.07, 6.45) is 0.534. The molecule has 0 aliphatic carbocycles. The summed E-state index contributed by atoms with van der Waals surface area (Å²) in [5, 5.41) is 0. The molecule has 1 heterocycles. The number of ether oxygens (including phenoxy) is 1. The van der Waals surface area contributed by atoms with Crippen LogP contribution in [0, 0.1) is 0 Å². The Labute approximate surface area is 128 Å². The summed E-state index contributed by atoms with van der Waals surface area (Å²) < 4.78 is 6.52. The molecule has 5 heteroatoms. The van der Waals surface area contributed by atoms with Gasteiger partial charge in [-0.15, -0.1) is 0 Å². The highest BCUT2D eigenvalue weighted by Gasteiger charge is 2.32. The third-order valence-corrected chi connectivity index (χ3v) is 3.81. The third kappa shape index (κ3) is 3.33. The largest absolute Gasteiger partial charge is 0.444 e. The highest BCUT2D eigenvalue weighted by Crippen LogP contribution is 2.32. The Balaban J connectivity index is 2.25. The molecular weight excluding hydrogens is 320 g/mol. The fourth-order valence-electron chi connectivity index (χ4n) is 2.47. The lowest BCUT2D eigenvalue weighted by molar-refractivity contribution is 0.0150. The van der Waals surface area contributed by atoms with E-state index in [4.69, 9.17) is 10.5 Å². The van der Waals surface area contributed by atoms with E-state index in [0.29, 0.717) is 13.1 Å². The Morgan fingerprint density at radius 3 is 2.80 bits per heavy atom. The van der Waals surface area contributed by atoms with Crippen LogP contribution in [0.25, 0.3) is 0 Å². The maximum Gasteiger partial charge on any atom is 0.410 e. The predicted octanol–water partition coefficient (Wildman–Crippen LogP) is 3.24. The van der Waals surface area contributed by atoms with Crippen LogP contribution in [0.15, 0.2) is 22.7 Å². The predicted molar refractivity (Wildman–Crippen MR) is 82.6 cm³/mol. The molecule has 1 aromatic carbocycles. The molecule has 2 N–H and O–H groups in total. The molecule has 2 rings (SSSR count). The van der Waals surface area contributed by atoms with Gasteiger partial charge in [0, 0.05) is 17.6 Å². The molecular formula is C15H21BrN2O2. The molecule has 0 saturated heterocycles. The number of carbonyl (C=O) groups is 1. The van der Waals surface area contributed by atoms with Crippen molar-refractivity contribution in [3.05, 3.63) is 33.8 Å². The van der Waals surface area contributed by atoms with Crippen LogP contribution in [0.4, 0.5) is 4.79 Å². The Morgan fingerprint density at radius 2 is 2.20 bits per heavy atom. The van der Waals surface area contributed by atoms with E-state index in [1.165, 1.54) is 5.56 Å². The van der Waals surface area contributed by atoms with E-state index in [-0.39, 0.29) is 12.1 Å². The lowest BCUT2D eigenvalue weighted by Crippen LogP contribution is -2.45. The summed E-state index contributed by atoms with van der Waals surface area (Å²) in [7, 11) is 0. The van der Waals surface area contributed by atoms with Gasteiger partial charge in [0.1, 0.15) is 5.60 Å².